The maximum absolute atomic E-state index is 14.2. The maximum atomic E-state index is 14.2. The molecule has 0 spiro atoms. The molecular formula is C15H22FN3O2. The number of ether oxygens (including phenoxy) is 2. The zero-order chi connectivity index (χ0) is 14.8. The Kier molecular flexibility index (Phi) is 4.28. The first-order valence-corrected chi connectivity index (χ1v) is 7.43. The van der Waals surface area contributed by atoms with E-state index in [-0.39, 0.29) is 23.7 Å². The third-order valence-electron chi connectivity index (χ3n) is 4.22. The van der Waals surface area contributed by atoms with Crippen molar-refractivity contribution in [3.63, 3.8) is 0 Å². The summed E-state index contributed by atoms with van der Waals surface area (Å²) in [6.45, 7) is 2.98. The SMILES string of the molecule is Nc1cc(CO[C@@H]2CC[C@H]2N)cc(N2CCOCC2)c1F. The second-order valence-electron chi connectivity index (χ2n) is 5.71. The minimum absolute atomic E-state index is 0.114. The third-order valence-corrected chi connectivity index (χ3v) is 4.22. The van der Waals surface area contributed by atoms with Crippen LogP contribution in [0.1, 0.15) is 18.4 Å². The van der Waals surface area contributed by atoms with Crippen LogP contribution in [0.5, 0.6) is 0 Å². The molecule has 1 saturated heterocycles. The molecule has 1 aromatic rings. The average Bonchev–Trinajstić information content (AvgIpc) is 2.50. The number of benzene rings is 1. The van der Waals surface area contributed by atoms with Gasteiger partial charge < -0.3 is 25.8 Å². The number of nitrogens with zero attached hydrogens (tertiary/aromatic N) is 1. The molecule has 6 heteroatoms. The molecule has 1 aromatic carbocycles. The predicted molar refractivity (Wildman–Crippen MR) is 79.6 cm³/mol. The molecule has 3 rings (SSSR count). The van der Waals surface area contributed by atoms with E-state index in [9.17, 15) is 4.39 Å². The quantitative estimate of drug-likeness (QED) is 0.818. The summed E-state index contributed by atoms with van der Waals surface area (Å²) in [5, 5.41) is 0. The zero-order valence-corrected chi connectivity index (χ0v) is 12.1. The smallest absolute Gasteiger partial charge is 0.169 e. The van der Waals surface area contributed by atoms with E-state index in [1.165, 1.54) is 0 Å². The van der Waals surface area contributed by atoms with Crippen molar-refractivity contribution in [3.8, 4) is 0 Å². The highest BCUT2D eigenvalue weighted by molar-refractivity contribution is 5.60. The summed E-state index contributed by atoms with van der Waals surface area (Å²) in [5.41, 5.74) is 13.2. The number of anilines is 2. The number of nitrogens with two attached hydrogens (primary N) is 2. The first kappa shape index (κ1) is 14.6. The molecule has 0 bridgehead atoms. The molecule has 1 saturated carbocycles. The summed E-state index contributed by atoms with van der Waals surface area (Å²) in [6, 6.07) is 3.59. The lowest BCUT2D eigenvalue weighted by Gasteiger charge is -2.33. The second-order valence-corrected chi connectivity index (χ2v) is 5.71. The summed E-state index contributed by atoms with van der Waals surface area (Å²) in [5.74, 6) is -0.360. The molecule has 5 nitrogen and oxygen atoms in total. The average molecular weight is 295 g/mol. The van der Waals surface area contributed by atoms with Gasteiger partial charge in [0.15, 0.2) is 5.82 Å². The highest BCUT2D eigenvalue weighted by Crippen LogP contribution is 2.29. The summed E-state index contributed by atoms with van der Waals surface area (Å²) < 4.78 is 25.3. The van der Waals surface area contributed by atoms with Crippen molar-refractivity contribution >= 4 is 11.4 Å². The largest absolute Gasteiger partial charge is 0.396 e. The van der Waals surface area contributed by atoms with Crippen molar-refractivity contribution in [2.75, 3.05) is 36.9 Å². The summed E-state index contributed by atoms with van der Waals surface area (Å²) in [6.07, 6.45) is 2.12. The van der Waals surface area contributed by atoms with Crippen molar-refractivity contribution in [1.82, 2.24) is 0 Å². The van der Waals surface area contributed by atoms with Crippen LogP contribution in [-0.2, 0) is 16.1 Å². The van der Waals surface area contributed by atoms with E-state index in [0.717, 1.165) is 18.4 Å². The van der Waals surface area contributed by atoms with Crippen molar-refractivity contribution in [1.29, 1.82) is 0 Å². The van der Waals surface area contributed by atoms with Gasteiger partial charge in [0.25, 0.3) is 0 Å². The van der Waals surface area contributed by atoms with E-state index in [0.29, 0.717) is 38.6 Å². The third kappa shape index (κ3) is 3.12. The molecule has 1 aliphatic carbocycles. The first-order valence-electron chi connectivity index (χ1n) is 7.43. The standard InChI is InChI=1S/C15H22FN3O2/c16-15-12(18)7-10(9-21-14-2-1-11(14)17)8-13(15)19-3-5-20-6-4-19/h7-8,11,14H,1-6,9,17-18H2/t11-,14-/m1/s1. The summed E-state index contributed by atoms with van der Waals surface area (Å²) in [4.78, 5) is 1.97. The number of hydrogen-bond acceptors (Lipinski definition) is 5. The van der Waals surface area contributed by atoms with Crippen LogP contribution in [0.3, 0.4) is 0 Å². The Morgan fingerprint density at radius 2 is 2.05 bits per heavy atom. The number of morpholine rings is 1. The van der Waals surface area contributed by atoms with Gasteiger partial charge in [-0.1, -0.05) is 0 Å². The van der Waals surface area contributed by atoms with Crippen LogP contribution in [0, 0.1) is 5.82 Å². The van der Waals surface area contributed by atoms with Crippen molar-refractivity contribution < 1.29 is 13.9 Å². The number of nitrogen functional groups attached to an aromatic ring is 1. The second kappa shape index (κ2) is 6.17. The van der Waals surface area contributed by atoms with E-state index in [1.807, 2.05) is 11.0 Å². The Labute approximate surface area is 124 Å². The predicted octanol–water partition coefficient (Wildman–Crippen LogP) is 1.25. The topological polar surface area (TPSA) is 73.7 Å². The monoisotopic (exact) mass is 295 g/mol. The minimum atomic E-state index is -0.360. The fourth-order valence-electron chi connectivity index (χ4n) is 2.71. The van der Waals surface area contributed by atoms with Gasteiger partial charge >= 0.3 is 0 Å². The van der Waals surface area contributed by atoms with Crippen LogP contribution in [-0.4, -0.2) is 38.4 Å². The molecule has 2 atom stereocenters. The lowest BCUT2D eigenvalue weighted by atomic mass is 9.90. The molecule has 1 heterocycles. The molecule has 2 fully saturated rings. The highest BCUT2D eigenvalue weighted by Gasteiger charge is 2.28. The van der Waals surface area contributed by atoms with Gasteiger partial charge in [0.1, 0.15) is 0 Å². The molecule has 0 amide bonds. The fraction of sp³-hybridized carbons (Fsp3) is 0.600. The van der Waals surface area contributed by atoms with Gasteiger partial charge in [0, 0.05) is 19.1 Å². The molecule has 4 N–H and O–H groups in total. The minimum Gasteiger partial charge on any atom is -0.396 e. The zero-order valence-electron chi connectivity index (χ0n) is 12.1. The summed E-state index contributed by atoms with van der Waals surface area (Å²) in [7, 11) is 0. The molecule has 116 valence electrons. The van der Waals surface area contributed by atoms with Gasteiger partial charge in [0.05, 0.1) is 37.3 Å². The van der Waals surface area contributed by atoms with Crippen LogP contribution in [0.2, 0.25) is 0 Å². The van der Waals surface area contributed by atoms with E-state index in [2.05, 4.69) is 0 Å². The van der Waals surface area contributed by atoms with Crippen LogP contribution in [0.25, 0.3) is 0 Å². The highest BCUT2D eigenvalue weighted by atomic mass is 19.1. The van der Waals surface area contributed by atoms with Crippen LogP contribution in [0.4, 0.5) is 15.8 Å². The lowest BCUT2D eigenvalue weighted by molar-refractivity contribution is -0.0245. The van der Waals surface area contributed by atoms with Gasteiger partial charge in [-0.3, -0.25) is 0 Å². The fourth-order valence-corrected chi connectivity index (χ4v) is 2.71. The van der Waals surface area contributed by atoms with E-state index in [1.54, 1.807) is 6.07 Å². The molecule has 2 aliphatic rings. The lowest BCUT2D eigenvalue weighted by Crippen LogP contribution is -2.45. The molecule has 0 unspecified atom stereocenters. The molecule has 1 aliphatic heterocycles. The Hall–Kier alpha value is -1.37. The normalized spacial score (nSPS) is 25.7. The maximum Gasteiger partial charge on any atom is 0.169 e. The van der Waals surface area contributed by atoms with Crippen LogP contribution < -0.4 is 16.4 Å². The van der Waals surface area contributed by atoms with Gasteiger partial charge in [-0.15, -0.1) is 0 Å². The van der Waals surface area contributed by atoms with Crippen molar-refractivity contribution in [2.45, 2.75) is 31.6 Å². The van der Waals surface area contributed by atoms with Gasteiger partial charge in [-0.2, -0.15) is 0 Å². The Morgan fingerprint density at radius 3 is 2.67 bits per heavy atom. The van der Waals surface area contributed by atoms with Crippen LogP contribution >= 0.6 is 0 Å². The van der Waals surface area contributed by atoms with Crippen LogP contribution in [0.15, 0.2) is 12.1 Å². The summed E-state index contributed by atoms with van der Waals surface area (Å²) >= 11 is 0. The molecular weight excluding hydrogens is 273 g/mol. The van der Waals surface area contributed by atoms with Crippen molar-refractivity contribution in [3.05, 3.63) is 23.5 Å². The Morgan fingerprint density at radius 1 is 1.29 bits per heavy atom. The van der Waals surface area contributed by atoms with Gasteiger partial charge in [-0.05, 0) is 30.5 Å². The molecule has 21 heavy (non-hydrogen) atoms. The van der Waals surface area contributed by atoms with E-state index in [4.69, 9.17) is 20.9 Å². The van der Waals surface area contributed by atoms with Gasteiger partial charge in [-0.25, -0.2) is 4.39 Å². The molecule has 0 aromatic heterocycles. The Balaban J connectivity index is 1.73. The Bertz CT molecular complexity index is 506. The van der Waals surface area contributed by atoms with E-state index >= 15 is 0 Å². The molecule has 0 radical (unpaired) electrons. The number of rotatable bonds is 4. The van der Waals surface area contributed by atoms with Crippen molar-refractivity contribution in [2.24, 2.45) is 5.73 Å². The van der Waals surface area contributed by atoms with Gasteiger partial charge in [0.2, 0.25) is 0 Å². The number of halogens is 1. The van der Waals surface area contributed by atoms with E-state index < -0.39 is 0 Å². The first-order chi connectivity index (χ1) is 10.1. The number of hydrogen-bond donors (Lipinski definition) is 2.